The predicted octanol–water partition coefficient (Wildman–Crippen LogP) is 2.99. The van der Waals surface area contributed by atoms with E-state index >= 15 is 0 Å². The van der Waals surface area contributed by atoms with Gasteiger partial charge >= 0.3 is 5.97 Å². The van der Waals surface area contributed by atoms with Gasteiger partial charge in [0, 0.05) is 6.42 Å². The molecule has 1 unspecified atom stereocenters. The molecule has 1 aliphatic heterocycles. The van der Waals surface area contributed by atoms with E-state index < -0.39 is 6.10 Å². The largest absolute Gasteiger partial charge is 0.508 e. The number of cyclic esters (lactones) is 1. The molecule has 1 aliphatic carbocycles. The number of benzene rings is 1. The Morgan fingerprint density at radius 2 is 2.14 bits per heavy atom. The van der Waals surface area contributed by atoms with Crippen LogP contribution in [0.1, 0.15) is 49.7 Å². The molecule has 0 bridgehead atoms. The number of esters is 1. The van der Waals surface area contributed by atoms with E-state index in [0.717, 1.165) is 18.4 Å². The summed E-state index contributed by atoms with van der Waals surface area (Å²) in [7, 11) is 0. The molecule has 4 nitrogen and oxygen atoms in total. The number of carbonyl (C=O) groups excluding carboxylic acids is 1. The number of rotatable bonds is 3. The van der Waals surface area contributed by atoms with Crippen molar-refractivity contribution in [3.63, 3.8) is 0 Å². The van der Waals surface area contributed by atoms with Crippen molar-refractivity contribution in [1.29, 1.82) is 0 Å². The normalized spacial score (nSPS) is 30.7. The van der Waals surface area contributed by atoms with Crippen molar-refractivity contribution >= 4 is 12.0 Å². The topological polar surface area (TPSA) is 66.8 Å². The Morgan fingerprint density at radius 1 is 1.32 bits per heavy atom. The molecular formula is C18H22O4. The number of phenols is 1. The molecular weight excluding hydrogens is 280 g/mol. The van der Waals surface area contributed by atoms with Gasteiger partial charge in [-0.2, -0.15) is 0 Å². The Hall–Kier alpha value is -1.81. The summed E-state index contributed by atoms with van der Waals surface area (Å²) in [5.74, 6) is 0.728. The summed E-state index contributed by atoms with van der Waals surface area (Å²) < 4.78 is 5.33. The lowest BCUT2D eigenvalue weighted by atomic mass is 9.77. The van der Waals surface area contributed by atoms with Crippen LogP contribution < -0.4 is 0 Å². The summed E-state index contributed by atoms with van der Waals surface area (Å²) >= 11 is 0. The maximum Gasteiger partial charge on any atom is 0.308 e. The van der Waals surface area contributed by atoms with Crippen LogP contribution in [-0.4, -0.2) is 28.4 Å². The second-order valence-corrected chi connectivity index (χ2v) is 6.42. The molecule has 118 valence electrons. The van der Waals surface area contributed by atoms with Gasteiger partial charge in [-0.15, -0.1) is 0 Å². The number of phenolic OH excluding ortho intramolecular Hbond substituents is 1. The van der Waals surface area contributed by atoms with Gasteiger partial charge in [0.05, 0.1) is 12.5 Å². The molecule has 1 heterocycles. The highest BCUT2D eigenvalue weighted by atomic mass is 16.5. The minimum Gasteiger partial charge on any atom is -0.508 e. The lowest BCUT2D eigenvalue weighted by Crippen LogP contribution is -2.33. The zero-order valence-electron chi connectivity index (χ0n) is 12.7. The average molecular weight is 302 g/mol. The first kappa shape index (κ1) is 15.1. The summed E-state index contributed by atoms with van der Waals surface area (Å²) in [6, 6.07) is 5.49. The van der Waals surface area contributed by atoms with Gasteiger partial charge in [0.2, 0.25) is 0 Å². The zero-order chi connectivity index (χ0) is 15.7. The molecule has 3 rings (SSSR count). The van der Waals surface area contributed by atoms with E-state index in [-0.39, 0.29) is 24.2 Å². The van der Waals surface area contributed by atoms with Crippen molar-refractivity contribution in [2.24, 2.45) is 5.92 Å². The van der Waals surface area contributed by atoms with Crippen LogP contribution in [0.25, 0.3) is 6.08 Å². The number of hydrogen-bond donors (Lipinski definition) is 2. The monoisotopic (exact) mass is 302 g/mol. The third-order valence-corrected chi connectivity index (χ3v) is 4.72. The highest BCUT2D eigenvalue weighted by molar-refractivity contribution is 5.71. The molecule has 1 aromatic carbocycles. The molecule has 1 fully saturated rings. The van der Waals surface area contributed by atoms with Crippen LogP contribution in [0.3, 0.4) is 0 Å². The molecule has 2 aliphatic rings. The zero-order valence-corrected chi connectivity index (χ0v) is 12.7. The van der Waals surface area contributed by atoms with Crippen LogP contribution in [0, 0.1) is 5.92 Å². The third-order valence-electron chi connectivity index (χ3n) is 4.72. The van der Waals surface area contributed by atoms with E-state index in [1.807, 2.05) is 6.07 Å². The summed E-state index contributed by atoms with van der Waals surface area (Å²) in [6.45, 7) is 2.18. The van der Waals surface area contributed by atoms with E-state index in [0.29, 0.717) is 18.3 Å². The molecule has 22 heavy (non-hydrogen) atoms. The number of aromatic hydroxyl groups is 1. The lowest BCUT2D eigenvalue weighted by molar-refractivity contribution is -0.160. The molecule has 0 amide bonds. The summed E-state index contributed by atoms with van der Waals surface area (Å²) in [5.41, 5.74) is 2.29. The fourth-order valence-electron chi connectivity index (χ4n) is 3.54. The van der Waals surface area contributed by atoms with Gasteiger partial charge in [-0.25, -0.2) is 0 Å². The molecule has 0 saturated carbocycles. The van der Waals surface area contributed by atoms with E-state index in [9.17, 15) is 15.0 Å². The minimum atomic E-state index is -0.570. The van der Waals surface area contributed by atoms with E-state index in [1.165, 1.54) is 5.56 Å². The van der Waals surface area contributed by atoms with Crippen molar-refractivity contribution in [1.82, 2.24) is 0 Å². The Bertz CT molecular complexity index is 593. The van der Waals surface area contributed by atoms with Gasteiger partial charge in [0.1, 0.15) is 11.9 Å². The highest BCUT2D eigenvalue weighted by Crippen LogP contribution is 2.39. The van der Waals surface area contributed by atoms with Gasteiger partial charge < -0.3 is 14.9 Å². The molecule has 0 aromatic heterocycles. The molecule has 1 saturated heterocycles. The van der Waals surface area contributed by atoms with Crippen molar-refractivity contribution in [3.8, 4) is 5.75 Å². The number of carbonyl (C=O) groups is 1. The first-order valence-corrected chi connectivity index (χ1v) is 7.91. The van der Waals surface area contributed by atoms with Gasteiger partial charge in [-0.05, 0) is 47.9 Å². The fourth-order valence-corrected chi connectivity index (χ4v) is 3.54. The predicted molar refractivity (Wildman–Crippen MR) is 83.4 cm³/mol. The van der Waals surface area contributed by atoms with Crippen LogP contribution in [0.2, 0.25) is 0 Å². The molecule has 4 atom stereocenters. The van der Waals surface area contributed by atoms with Crippen molar-refractivity contribution < 1.29 is 19.7 Å². The third kappa shape index (κ3) is 3.17. The van der Waals surface area contributed by atoms with Crippen LogP contribution in [0.4, 0.5) is 0 Å². The van der Waals surface area contributed by atoms with Crippen molar-refractivity contribution in [3.05, 3.63) is 35.4 Å². The summed E-state index contributed by atoms with van der Waals surface area (Å²) in [5, 5.41) is 19.3. The number of aliphatic hydroxyl groups excluding tert-OH is 1. The first-order valence-electron chi connectivity index (χ1n) is 7.91. The van der Waals surface area contributed by atoms with Crippen LogP contribution in [-0.2, 0) is 9.53 Å². The smallest absolute Gasteiger partial charge is 0.308 e. The Morgan fingerprint density at radius 3 is 2.91 bits per heavy atom. The van der Waals surface area contributed by atoms with Gasteiger partial charge in [-0.1, -0.05) is 25.1 Å². The standard InChI is InChI=1S/C18H22O4/c1-11-2-3-12-8-13(19)4-6-17(12)16(11)7-5-15-9-14(20)10-18(21)22-15/h2-4,6,8,11,14-16,19-20H,5,7,9-10H2,1H3/t11-,14+,15+,16?/m0/s1. The number of ether oxygens (including phenoxy) is 1. The Labute approximate surface area is 130 Å². The quantitative estimate of drug-likeness (QED) is 0.842. The Kier molecular flexibility index (Phi) is 4.21. The first-order chi connectivity index (χ1) is 10.5. The van der Waals surface area contributed by atoms with Crippen LogP contribution >= 0.6 is 0 Å². The Balaban J connectivity index is 1.70. The van der Waals surface area contributed by atoms with E-state index in [2.05, 4.69) is 19.1 Å². The van der Waals surface area contributed by atoms with Gasteiger partial charge in [0.15, 0.2) is 0 Å². The van der Waals surface area contributed by atoms with Crippen molar-refractivity contribution in [2.75, 3.05) is 0 Å². The van der Waals surface area contributed by atoms with Gasteiger partial charge in [-0.3, -0.25) is 4.79 Å². The summed E-state index contributed by atoms with van der Waals surface area (Å²) in [6.07, 6.45) is 5.76. The molecule has 4 heteroatoms. The fraction of sp³-hybridized carbons (Fsp3) is 0.500. The average Bonchev–Trinajstić information content (AvgIpc) is 2.45. The van der Waals surface area contributed by atoms with Crippen LogP contribution in [0.15, 0.2) is 24.3 Å². The van der Waals surface area contributed by atoms with Crippen molar-refractivity contribution in [2.45, 2.75) is 50.7 Å². The highest BCUT2D eigenvalue weighted by Gasteiger charge is 2.29. The molecule has 1 aromatic rings. The maximum absolute atomic E-state index is 11.4. The van der Waals surface area contributed by atoms with E-state index in [4.69, 9.17) is 4.74 Å². The number of aliphatic hydroxyl groups is 1. The van der Waals surface area contributed by atoms with Gasteiger partial charge in [0.25, 0.3) is 0 Å². The minimum absolute atomic E-state index is 0.112. The second kappa shape index (κ2) is 6.13. The van der Waals surface area contributed by atoms with E-state index in [1.54, 1.807) is 12.1 Å². The molecule has 0 spiro atoms. The van der Waals surface area contributed by atoms with Crippen LogP contribution in [0.5, 0.6) is 5.75 Å². The lowest BCUT2D eigenvalue weighted by Gasteiger charge is -2.31. The maximum atomic E-state index is 11.4. The SMILES string of the molecule is C[C@H]1C=Cc2cc(O)ccc2C1CC[C@@H]1C[C@@H](O)CC(=O)O1. The molecule has 2 N–H and O–H groups in total. The summed E-state index contributed by atoms with van der Waals surface area (Å²) in [4.78, 5) is 11.4. The number of fused-ring (bicyclic) bond motifs is 1. The number of hydrogen-bond acceptors (Lipinski definition) is 4. The molecule has 0 radical (unpaired) electrons. The second-order valence-electron chi connectivity index (χ2n) is 6.42. The number of allylic oxidation sites excluding steroid dienone is 1.